The molecule has 0 aliphatic heterocycles. The van der Waals surface area contributed by atoms with E-state index in [1.807, 2.05) is 0 Å². The van der Waals surface area contributed by atoms with Crippen molar-refractivity contribution in [2.24, 2.45) is 0 Å². The topological polar surface area (TPSA) is 51.1 Å². The number of halogens is 3. The zero-order valence-corrected chi connectivity index (χ0v) is 14.0. The van der Waals surface area contributed by atoms with Crippen LogP contribution in [-0.4, -0.2) is 16.4 Å². The van der Waals surface area contributed by atoms with Gasteiger partial charge in [0.2, 0.25) is 5.91 Å². The van der Waals surface area contributed by atoms with Gasteiger partial charge in [-0.15, -0.1) is 0 Å². The van der Waals surface area contributed by atoms with E-state index in [0.717, 1.165) is 0 Å². The smallest absolute Gasteiger partial charge is 0.257 e. The number of nitrogens with zero attached hydrogens (tertiary/aromatic N) is 1. The van der Waals surface area contributed by atoms with Crippen LogP contribution in [-0.2, 0) is 0 Å². The van der Waals surface area contributed by atoms with Crippen LogP contribution < -0.4 is 5.32 Å². The summed E-state index contributed by atoms with van der Waals surface area (Å²) in [6.45, 7) is 1.34. The quantitative estimate of drug-likeness (QED) is 0.695. The second-order valence-corrected chi connectivity index (χ2v) is 5.99. The third-order valence-electron chi connectivity index (χ3n) is 3.53. The Morgan fingerprint density at radius 2 is 1.83 bits per heavy atom. The molecule has 2 aromatic carbocycles. The molecule has 0 bridgehead atoms. The van der Waals surface area contributed by atoms with Crippen LogP contribution in [0.25, 0.3) is 10.9 Å². The highest BCUT2D eigenvalue weighted by atomic mass is 35.5. The van der Waals surface area contributed by atoms with Gasteiger partial charge in [-0.1, -0.05) is 23.2 Å². The summed E-state index contributed by atoms with van der Waals surface area (Å²) in [6.07, 6.45) is 1.39. The van der Waals surface area contributed by atoms with Gasteiger partial charge < -0.3 is 5.32 Å². The molecule has 0 atom stereocenters. The second kappa shape index (κ2) is 6.26. The van der Waals surface area contributed by atoms with E-state index in [9.17, 15) is 14.0 Å². The zero-order valence-electron chi connectivity index (χ0n) is 12.4. The van der Waals surface area contributed by atoms with E-state index in [2.05, 4.69) is 5.32 Å². The number of carbonyl (C=O) groups is 2. The van der Waals surface area contributed by atoms with Gasteiger partial charge in [-0.3, -0.25) is 14.2 Å². The van der Waals surface area contributed by atoms with Crippen LogP contribution in [0.4, 0.5) is 10.1 Å². The van der Waals surface area contributed by atoms with Crippen molar-refractivity contribution in [3.63, 3.8) is 0 Å². The molecule has 1 amide bonds. The van der Waals surface area contributed by atoms with E-state index < -0.39 is 11.7 Å². The Bertz CT molecular complexity index is 982. The molecular formula is C17H11Cl2FN2O2. The Labute approximate surface area is 146 Å². The lowest BCUT2D eigenvalue weighted by atomic mass is 10.1. The van der Waals surface area contributed by atoms with E-state index in [1.165, 1.54) is 42.0 Å². The van der Waals surface area contributed by atoms with Crippen molar-refractivity contribution in [1.29, 1.82) is 0 Å². The minimum Gasteiger partial charge on any atom is -0.322 e. The van der Waals surface area contributed by atoms with E-state index in [4.69, 9.17) is 23.2 Å². The lowest BCUT2D eigenvalue weighted by molar-refractivity contribution is 0.0941. The summed E-state index contributed by atoms with van der Waals surface area (Å²) >= 11 is 11.8. The Hall–Kier alpha value is -2.37. The number of carbonyl (C=O) groups excluding carboxylic acids is 2. The number of nitrogens with one attached hydrogen (secondary N) is 1. The van der Waals surface area contributed by atoms with Crippen molar-refractivity contribution >= 4 is 51.6 Å². The van der Waals surface area contributed by atoms with Crippen molar-refractivity contribution in [3.05, 3.63) is 64.0 Å². The van der Waals surface area contributed by atoms with Gasteiger partial charge in [0.15, 0.2) is 0 Å². The van der Waals surface area contributed by atoms with Crippen LogP contribution in [0.5, 0.6) is 0 Å². The molecule has 0 unspecified atom stereocenters. The molecule has 0 aliphatic rings. The van der Waals surface area contributed by atoms with Gasteiger partial charge >= 0.3 is 0 Å². The lowest BCUT2D eigenvalue weighted by Gasteiger charge is -2.05. The molecule has 7 heteroatoms. The van der Waals surface area contributed by atoms with Gasteiger partial charge in [-0.05, 0) is 36.4 Å². The van der Waals surface area contributed by atoms with Crippen LogP contribution in [0.15, 0.2) is 42.6 Å². The summed E-state index contributed by atoms with van der Waals surface area (Å²) in [6, 6.07) is 8.61. The van der Waals surface area contributed by atoms with Crippen LogP contribution in [0, 0.1) is 5.82 Å². The van der Waals surface area contributed by atoms with Crippen molar-refractivity contribution in [2.45, 2.75) is 6.92 Å². The van der Waals surface area contributed by atoms with E-state index in [0.29, 0.717) is 26.6 Å². The molecule has 3 aromatic rings. The summed E-state index contributed by atoms with van der Waals surface area (Å²) in [5, 5.41) is 3.84. The summed E-state index contributed by atoms with van der Waals surface area (Å²) in [5.74, 6) is -1.25. The molecule has 122 valence electrons. The third-order valence-corrected chi connectivity index (χ3v) is 4.27. The Morgan fingerprint density at radius 1 is 1.08 bits per heavy atom. The maximum absolute atomic E-state index is 13.5. The maximum atomic E-state index is 13.5. The minimum atomic E-state index is -0.487. The zero-order chi connectivity index (χ0) is 17.4. The number of anilines is 1. The summed E-state index contributed by atoms with van der Waals surface area (Å²) in [5.41, 5.74) is 1.05. The molecule has 0 aliphatic carbocycles. The van der Waals surface area contributed by atoms with Crippen molar-refractivity contribution in [3.8, 4) is 0 Å². The fourth-order valence-corrected chi connectivity index (χ4v) is 2.71. The van der Waals surface area contributed by atoms with E-state index in [1.54, 1.807) is 12.1 Å². The average Bonchev–Trinajstić information content (AvgIpc) is 2.90. The summed E-state index contributed by atoms with van der Waals surface area (Å²) in [4.78, 5) is 24.3. The Kier molecular flexibility index (Phi) is 4.30. The molecular weight excluding hydrogens is 354 g/mol. The maximum Gasteiger partial charge on any atom is 0.257 e. The molecule has 0 saturated heterocycles. The third kappa shape index (κ3) is 3.00. The monoisotopic (exact) mass is 364 g/mol. The van der Waals surface area contributed by atoms with Crippen LogP contribution in [0.2, 0.25) is 10.0 Å². The highest BCUT2D eigenvalue weighted by Crippen LogP contribution is 2.27. The van der Waals surface area contributed by atoms with Gasteiger partial charge in [0.25, 0.3) is 5.91 Å². The normalized spacial score (nSPS) is 10.8. The molecule has 1 heterocycles. The van der Waals surface area contributed by atoms with E-state index >= 15 is 0 Å². The number of fused-ring (bicyclic) bond motifs is 1. The van der Waals surface area contributed by atoms with E-state index in [-0.39, 0.29) is 11.5 Å². The SMILES string of the molecule is CC(=O)n1cc(C(=O)Nc2ccc(Cl)c(Cl)c2)c2ccc(F)cc21. The predicted molar refractivity (Wildman–Crippen MR) is 92.6 cm³/mol. The van der Waals surface area contributed by atoms with Gasteiger partial charge in [0.05, 0.1) is 21.1 Å². The average molecular weight is 365 g/mol. The number of amides is 1. The van der Waals surface area contributed by atoms with Crippen molar-refractivity contribution < 1.29 is 14.0 Å². The molecule has 4 nitrogen and oxygen atoms in total. The molecule has 1 aromatic heterocycles. The first-order chi connectivity index (χ1) is 11.4. The first-order valence-electron chi connectivity index (χ1n) is 6.95. The first kappa shape index (κ1) is 16.5. The van der Waals surface area contributed by atoms with Crippen LogP contribution in [0.1, 0.15) is 22.1 Å². The minimum absolute atomic E-state index is 0.256. The molecule has 24 heavy (non-hydrogen) atoms. The number of hydrogen-bond donors (Lipinski definition) is 1. The Morgan fingerprint density at radius 3 is 2.50 bits per heavy atom. The molecule has 3 rings (SSSR count). The number of aromatic nitrogens is 1. The van der Waals surface area contributed by atoms with Gasteiger partial charge in [0.1, 0.15) is 5.82 Å². The first-order valence-corrected chi connectivity index (χ1v) is 7.70. The molecule has 0 spiro atoms. The summed E-state index contributed by atoms with van der Waals surface area (Å²) < 4.78 is 14.7. The number of rotatable bonds is 2. The van der Waals surface area contributed by atoms with Crippen molar-refractivity contribution in [2.75, 3.05) is 5.32 Å². The molecule has 0 radical (unpaired) electrons. The van der Waals surface area contributed by atoms with Crippen molar-refractivity contribution in [1.82, 2.24) is 4.57 Å². The molecule has 1 N–H and O–H groups in total. The highest BCUT2D eigenvalue weighted by molar-refractivity contribution is 6.42. The highest BCUT2D eigenvalue weighted by Gasteiger charge is 2.17. The predicted octanol–water partition coefficient (Wildman–Crippen LogP) is 5.00. The Balaban J connectivity index is 2.03. The van der Waals surface area contributed by atoms with Crippen LogP contribution >= 0.6 is 23.2 Å². The van der Waals surface area contributed by atoms with Gasteiger partial charge in [-0.25, -0.2) is 4.39 Å². The fourth-order valence-electron chi connectivity index (χ4n) is 2.41. The largest absolute Gasteiger partial charge is 0.322 e. The summed E-state index contributed by atoms with van der Waals surface area (Å²) in [7, 11) is 0. The number of benzene rings is 2. The molecule has 0 saturated carbocycles. The second-order valence-electron chi connectivity index (χ2n) is 5.18. The fraction of sp³-hybridized carbons (Fsp3) is 0.0588. The standard InChI is InChI=1S/C17H11Cl2FN2O2/c1-9(23)22-8-13(12-4-2-10(20)6-16(12)22)17(24)21-11-3-5-14(18)15(19)7-11/h2-8H,1H3,(H,21,24). The van der Waals surface area contributed by atoms with Gasteiger partial charge in [-0.2, -0.15) is 0 Å². The van der Waals surface area contributed by atoms with Gasteiger partial charge in [0, 0.05) is 24.2 Å². The molecule has 0 fully saturated rings. The number of hydrogen-bond acceptors (Lipinski definition) is 2. The van der Waals surface area contributed by atoms with Crippen LogP contribution in [0.3, 0.4) is 0 Å². The lowest BCUT2D eigenvalue weighted by Crippen LogP contribution is -2.12.